The van der Waals surface area contributed by atoms with Gasteiger partial charge in [-0.3, -0.25) is 0 Å². The number of hydrogen-bond acceptors (Lipinski definition) is 6. The molecule has 6 nitrogen and oxygen atoms in total. The van der Waals surface area contributed by atoms with Gasteiger partial charge in [-0.15, -0.1) is 0 Å². The van der Waals surface area contributed by atoms with E-state index < -0.39 is 11.9 Å². The Morgan fingerprint density at radius 2 is 2.00 bits per heavy atom. The van der Waals surface area contributed by atoms with Crippen LogP contribution < -0.4 is 5.32 Å². The van der Waals surface area contributed by atoms with E-state index in [1.165, 1.54) is 6.39 Å². The van der Waals surface area contributed by atoms with E-state index in [-0.39, 0.29) is 6.10 Å². The summed E-state index contributed by atoms with van der Waals surface area (Å²) in [7, 11) is 0. The molecule has 2 aromatic rings. The van der Waals surface area contributed by atoms with Crippen molar-refractivity contribution >= 4 is 34.7 Å². The predicted octanol–water partition coefficient (Wildman–Crippen LogP) is 4.72. The van der Waals surface area contributed by atoms with Gasteiger partial charge in [-0.1, -0.05) is 34.4 Å². The maximum absolute atomic E-state index is 12.9. The number of carbonyl (C=O) groups excluding carboxylic acids is 1. The second kappa shape index (κ2) is 7.74. The largest absolute Gasteiger partial charge is 0.460 e. The number of esters is 1. The third kappa shape index (κ3) is 3.87. The van der Waals surface area contributed by atoms with Crippen molar-refractivity contribution in [3.8, 4) is 0 Å². The van der Waals surface area contributed by atoms with Crippen LogP contribution in [0.4, 0.5) is 0 Å². The van der Waals surface area contributed by atoms with Gasteiger partial charge < -0.3 is 14.6 Å². The molecule has 8 heteroatoms. The molecule has 0 radical (unpaired) electrons. The van der Waals surface area contributed by atoms with Crippen LogP contribution in [0.3, 0.4) is 0 Å². The molecule has 0 aliphatic carbocycles. The number of nitrogens with one attached hydrogen (secondary N) is 1. The van der Waals surface area contributed by atoms with E-state index in [4.69, 9.17) is 32.5 Å². The number of nitrogens with zero attached hydrogens (tertiary/aromatic N) is 2. The smallest absolute Gasteiger partial charge is 0.337 e. The van der Waals surface area contributed by atoms with E-state index in [9.17, 15) is 4.79 Å². The highest BCUT2D eigenvalue weighted by Crippen LogP contribution is 2.45. The molecule has 0 bridgehead atoms. The van der Waals surface area contributed by atoms with Crippen molar-refractivity contribution < 1.29 is 14.1 Å². The molecule has 1 unspecified atom stereocenters. The number of rotatable bonds is 4. The second-order valence-corrected chi connectivity index (χ2v) is 7.35. The molecule has 0 spiro atoms. The normalized spacial score (nSPS) is 17.4. The Morgan fingerprint density at radius 3 is 2.59 bits per heavy atom. The topological polar surface area (TPSA) is 77.2 Å². The molecule has 0 saturated heterocycles. The second-order valence-electron chi connectivity index (χ2n) is 6.51. The first-order chi connectivity index (χ1) is 12.8. The Bertz CT molecular complexity index is 934. The van der Waals surface area contributed by atoms with Crippen molar-refractivity contribution in [2.24, 2.45) is 0 Å². The molecular formula is C19H19Cl2N3O3. The quantitative estimate of drug-likeness (QED) is 0.738. The first-order valence-corrected chi connectivity index (χ1v) is 9.16. The first kappa shape index (κ1) is 19.5. The lowest BCUT2D eigenvalue weighted by Crippen LogP contribution is -2.30. The van der Waals surface area contributed by atoms with E-state index in [0.29, 0.717) is 38.3 Å². The first-order valence-electron chi connectivity index (χ1n) is 8.40. The van der Waals surface area contributed by atoms with Crippen LogP contribution in [0, 0.1) is 0 Å². The summed E-state index contributed by atoms with van der Waals surface area (Å²) < 4.78 is 10.4. The maximum atomic E-state index is 12.9. The minimum absolute atomic E-state index is 0.264. The number of benzene rings is 1. The van der Waals surface area contributed by atoms with E-state index >= 15 is 0 Å². The molecule has 1 N–H and O–H groups in total. The molecule has 1 aliphatic heterocycles. The van der Waals surface area contributed by atoms with Crippen LogP contribution in [-0.2, 0) is 9.53 Å². The number of halogens is 2. The fourth-order valence-electron chi connectivity index (χ4n) is 3.17. The van der Waals surface area contributed by atoms with E-state index in [1.807, 2.05) is 13.8 Å². The summed E-state index contributed by atoms with van der Waals surface area (Å²) >= 11 is 12.6. The Balaban J connectivity index is 2.22. The molecular weight excluding hydrogens is 389 g/mol. The van der Waals surface area contributed by atoms with Crippen LogP contribution in [0.15, 0.2) is 46.1 Å². The Kier molecular flexibility index (Phi) is 5.58. The molecule has 0 fully saturated rings. The number of aromatic nitrogens is 2. The summed E-state index contributed by atoms with van der Waals surface area (Å²) in [6, 6.07) is 5.17. The number of allylic oxidation sites excluding steroid dienone is 3. The van der Waals surface area contributed by atoms with Crippen molar-refractivity contribution in [3.05, 3.63) is 63.0 Å². The molecule has 1 aromatic carbocycles. The summed E-state index contributed by atoms with van der Waals surface area (Å²) in [5.41, 5.74) is 3.32. The number of dihydropyridines is 1. The van der Waals surface area contributed by atoms with Crippen molar-refractivity contribution in [3.63, 3.8) is 0 Å². The fraction of sp³-hybridized carbons (Fsp3) is 0.316. The molecule has 3 rings (SSSR count). The third-order valence-corrected chi connectivity index (χ3v) is 4.76. The third-order valence-electron chi connectivity index (χ3n) is 4.20. The average molecular weight is 408 g/mol. The van der Waals surface area contributed by atoms with Gasteiger partial charge in [0.1, 0.15) is 0 Å². The van der Waals surface area contributed by atoms with Gasteiger partial charge in [0.15, 0.2) is 0 Å². The Morgan fingerprint density at radius 1 is 1.26 bits per heavy atom. The summed E-state index contributed by atoms with van der Waals surface area (Å²) in [5, 5.41) is 8.13. The molecule has 1 aromatic heterocycles. The minimum Gasteiger partial charge on any atom is -0.460 e. The van der Waals surface area contributed by atoms with Gasteiger partial charge in [-0.25, -0.2) is 4.79 Å². The predicted molar refractivity (Wildman–Crippen MR) is 103 cm³/mol. The molecule has 2 heterocycles. The number of hydrogen-bond donors (Lipinski definition) is 1. The maximum Gasteiger partial charge on any atom is 0.337 e. The minimum atomic E-state index is -0.528. The lowest BCUT2D eigenvalue weighted by atomic mass is 9.80. The van der Waals surface area contributed by atoms with Gasteiger partial charge in [0.25, 0.3) is 0 Å². The van der Waals surface area contributed by atoms with Gasteiger partial charge in [-0.2, -0.15) is 4.98 Å². The van der Waals surface area contributed by atoms with Gasteiger partial charge in [0.2, 0.25) is 12.2 Å². The average Bonchev–Trinajstić information content (AvgIpc) is 3.07. The number of carbonyl (C=O) groups is 1. The van der Waals surface area contributed by atoms with Crippen molar-refractivity contribution in [2.45, 2.75) is 39.7 Å². The van der Waals surface area contributed by atoms with Gasteiger partial charge in [0, 0.05) is 32.9 Å². The molecule has 142 valence electrons. The highest BCUT2D eigenvalue weighted by atomic mass is 35.5. The van der Waals surface area contributed by atoms with Crippen LogP contribution in [0.5, 0.6) is 0 Å². The highest BCUT2D eigenvalue weighted by Gasteiger charge is 2.37. The van der Waals surface area contributed by atoms with E-state index in [2.05, 4.69) is 15.5 Å². The molecule has 1 atom stereocenters. The zero-order chi connectivity index (χ0) is 19.7. The molecule has 0 saturated carbocycles. The summed E-state index contributed by atoms with van der Waals surface area (Å²) in [4.78, 5) is 17.1. The van der Waals surface area contributed by atoms with Crippen LogP contribution in [-0.4, -0.2) is 22.2 Å². The van der Waals surface area contributed by atoms with Crippen LogP contribution in [0.25, 0.3) is 5.57 Å². The van der Waals surface area contributed by atoms with Crippen LogP contribution in [0.2, 0.25) is 10.0 Å². The monoisotopic (exact) mass is 407 g/mol. The van der Waals surface area contributed by atoms with Gasteiger partial charge >= 0.3 is 5.97 Å². The van der Waals surface area contributed by atoms with Crippen molar-refractivity contribution in [1.82, 2.24) is 15.5 Å². The Hall–Kier alpha value is -2.31. The zero-order valence-electron chi connectivity index (χ0n) is 15.3. The van der Waals surface area contributed by atoms with Crippen molar-refractivity contribution in [2.75, 3.05) is 0 Å². The van der Waals surface area contributed by atoms with Gasteiger partial charge in [-0.05, 0) is 45.4 Å². The fourth-order valence-corrected chi connectivity index (χ4v) is 3.69. The van der Waals surface area contributed by atoms with Crippen LogP contribution in [0.1, 0.15) is 45.0 Å². The van der Waals surface area contributed by atoms with E-state index in [0.717, 1.165) is 5.70 Å². The lowest BCUT2D eigenvalue weighted by molar-refractivity contribution is -0.142. The summed E-state index contributed by atoms with van der Waals surface area (Å²) in [6.45, 7) is 7.31. The summed E-state index contributed by atoms with van der Waals surface area (Å²) in [6.07, 6.45) is 0.979. The Labute approximate surface area is 167 Å². The number of ether oxygens (including phenoxy) is 1. The molecule has 1 aliphatic rings. The van der Waals surface area contributed by atoms with Gasteiger partial charge in [0.05, 0.1) is 11.7 Å². The highest BCUT2D eigenvalue weighted by molar-refractivity contribution is 6.35. The SMILES string of the molecule is CC1=C(C(=O)OC(C)C)C(c2ccc(Cl)cc2Cl)C(c2ncon2)=C(C)N1. The van der Waals surface area contributed by atoms with Crippen molar-refractivity contribution in [1.29, 1.82) is 0 Å². The summed E-state index contributed by atoms with van der Waals surface area (Å²) in [5.74, 6) is -0.585. The standard InChI is InChI=1S/C19H19Cl2N3O3/c1-9(2)27-19(25)16-11(4)23-10(3)15(18-22-8-26-24-18)17(16)13-6-5-12(20)7-14(13)21/h5-9,17,23H,1-4H3. The zero-order valence-corrected chi connectivity index (χ0v) is 16.9. The van der Waals surface area contributed by atoms with Crippen LogP contribution >= 0.6 is 23.2 Å². The molecule has 27 heavy (non-hydrogen) atoms. The lowest BCUT2D eigenvalue weighted by Gasteiger charge is -2.31. The molecule has 0 amide bonds. The van der Waals surface area contributed by atoms with E-state index in [1.54, 1.807) is 32.0 Å².